The molecule has 1 amide bonds. The number of hydrogen-bond acceptors (Lipinski definition) is 4. The average molecular weight is 280 g/mol. The molecular formula is C14H20N2O2S. The van der Waals surface area contributed by atoms with Crippen molar-refractivity contribution < 1.29 is 9.53 Å². The van der Waals surface area contributed by atoms with Crippen LogP contribution >= 0.6 is 11.8 Å². The van der Waals surface area contributed by atoms with Gasteiger partial charge in [-0.1, -0.05) is 12.1 Å². The van der Waals surface area contributed by atoms with Crippen molar-refractivity contribution in [2.75, 3.05) is 38.6 Å². The van der Waals surface area contributed by atoms with Gasteiger partial charge in [0.25, 0.3) is 0 Å². The molecule has 1 aliphatic heterocycles. The fourth-order valence-electron chi connectivity index (χ4n) is 1.97. The quantitative estimate of drug-likeness (QED) is 0.799. The Morgan fingerprint density at radius 2 is 1.95 bits per heavy atom. The Morgan fingerprint density at radius 1 is 1.26 bits per heavy atom. The van der Waals surface area contributed by atoms with Gasteiger partial charge >= 0.3 is 0 Å². The number of carbonyl (C=O) groups excluding carboxylic acids is 1. The zero-order valence-electron chi connectivity index (χ0n) is 11.0. The first-order valence-corrected chi connectivity index (χ1v) is 7.68. The van der Waals surface area contributed by atoms with Gasteiger partial charge in [0.05, 0.1) is 13.2 Å². The number of ether oxygens (including phenoxy) is 1. The van der Waals surface area contributed by atoms with Crippen LogP contribution in [-0.2, 0) is 10.5 Å². The summed E-state index contributed by atoms with van der Waals surface area (Å²) in [5.74, 6) is 1.73. The molecule has 0 unspecified atom stereocenters. The van der Waals surface area contributed by atoms with Gasteiger partial charge < -0.3 is 10.5 Å². The van der Waals surface area contributed by atoms with Gasteiger partial charge in [0.15, 0.2) is 0 Å². The fourth-order valence-corrected chi connectivity index (χ4v) is 2.93. The highest BCUT2D eigenvalue weighted by Crippen LogP contribution is 2.13. The van der Waals surface area contributed by atoms with Crippen molar-refractivity contribution in [3.05, 3.63) is 35.4 Å². The molecule has 1 fully saturated rings. The summed E-state index contributed by atoms with van der Waals surface area (Å²) in [6.45, 7) is 4.94. The predicted molar refractivity (Wildman–Crippen MR) is 78.4 cm³/mol. The number of thioether (sulfide) groups is 1. The van der Waals surface area contributed by atoms with Gasteiger partial charge in [-0.05, 0) is 17.7 Å². The molecule has 1 saturated heterocycles. The molecular weight excluding hydrogens is 260 g/mol. The minimum atomic E-state index is -0.369. The van der Waals surface area contributed by atoms with E-state index >= 15 is 0 Å². The van der Waals surface area contributed by atoms with Crippen LogP contribution < -0.4 is 5.73 Å². The largest absolute Gasteiger partial charge is 0.379 e. The van der Waals surface area contributed by atoms with Gasteiger partial charge in [-0.25, -0.2) is 0 Å². The van der Waals surface area contributed by atoms with Crippen LogP contribution in [0.25, 0.3) is 0 Å². The molecule has 1 aliphatic rings. The minimum absolute atomic E-state index is 0.369. The number of rotatable bonds is 6. The molecule has 104 valence electrons. The predicted octanol–water partition coefficient (Wildman–Crippen LogP) is 1.35. The minimum Gasteiger partial charge on any atom is -0.379 e. The molecule has 2 N–H and O–H groups in total. The number of amides is 1. The van der Waals surface area contributed by atoms with Crippen molar-refractivity contribution in [3.8, 4) is 0 Å². The van der Waals surface area contributed by atoms with Gasteiger partial charge in [-0.3, -0.25) is 9.69 Å². The SMILES string of the molecule is NC(=O)c1ccc(CSCCN2CCOCC2)cc1. The summed E-state index contributed by atoms with van der Waals surface area (Å²) in [5, 5.41) is 0. The Morgan fingerprint density at radius 3 is 2.58 bits per heavy atom. The second-order valence-corrected chi connectivity index (χ2v) is 5.67. The van der Waals surface area contributed by atoms with Crippen LogP contribution in [0, 0.1) is 0 Å². The standard InChI is InChI=1S/C14H20N2O2S/c15-14(17)13-3-1-12(2-4-13)11-19-10-7-16-5-8-18-9-6-16/h1-4H,5-11H2,(H2,15,17). The summed E-state index contributed by atoms with van der Waals surface area (Å²) in [4.78, 5) is 13.4. The highest BCUT2D eigenvalue weighted by atomic mass is 32.2. The molecule has 0 bridgehead atoms. The van der Waals surface area contributed by atoms with Gasteiger partial charge in [0.2, 0.25) is 5.91 Å². The van der Waals surface area contributed by atoms with Crippen LogP contribution in [0.3, 0.4) is 0 Å². The Labute approximate surface area is 118 Å². The fraction of sp³-hybridized carbons (Fsp3) is 0.500. The monoisotopic (exact) mass is 280 g/mol. The molecule has 1 heterocycles. The Balaban J connectivity index is 1.66. The molecule has 0 atom stereocenters. The summed E-state index contributed by atoms with van der Waals surface area (Å²) >= 11 is 1.92. The first-order valence-electron chi connectivity index (χ1n) is 6.52. The lowest BCUT2D eigenvalue weighted by Crippen LogP contribution is -2.37. The van der Waals surface area contributed by atoms with Gasteiger partial charge in [0.1, 0.15) is 0 Å². The molecule has 19 heavy (non-hydrogen) atoms. The summed E-state index contributed by atoms with van der Waals surface area (Å²) in [6.07, 6.45) is 0. The smallest absolute Gasteiger partial charge is 0.248 e. The Bertz CT molecular complexity index is 402. The number of hydrogen-bond donors (Lipinski definition) is 1. The lowest BCUT2D eigenvalue weighted by molar-refractivity contribution is 0.0410. The second kappa shape index (κ2) is 7.53. The third kappa shape index (κ3) is 4.86. The van der Waals surface area contributed by atoms with E-state index in [9.17, 15) is 4.79 Å². The number of benzene rings is 1. The molecule has 0 saturated carbocycles. The van der Waals surface area contributed by atoms with Crippen molar-refractivity contribution in [1.29, 1.82) is 0 Å². The molecule has 0 aromatic heterocycles. The van der Waals surface area contributed by atoms with Crippen molar-refractivity contribution in [2.45, 2.75) is 5.75 Å². The van der Waals surface area contributed by atoms with Gasteiger partial charge in [-0.15, -0.1) is 0 Å². The number of nitrogens with zero attached hydrogens (tertiary/aromatic N) is 1. The van der Waals surface area contributed by atoms with E-state index in [0.29, 0.717) is 5.56 Å². The zero-order valence-corrected chi connectivity index (χ0v) is 11.8. The highest BCUT2D eigenvalue weighted by molar-refractivity contribution is 7.98. The van der Waals surface area contributed by atoms with Crippen molar-refractivity contribution in [1.82, 2.24) is 4.90 Å². The first kappa shape index (κ1) is 14.4. The normalized spacial score (nSPS) is 16.4. The van der Waals surface area contributed by atoms with Crippen molar-refractivity contribution in [2.24, 2.45) is 5.73 Å². The summed E-state index contributed by atoms with van der Waals surface area (Å²) in [7, 11) is 0. The van der Waals surface area contributed by atoms with Crippen LogP contribution in [0.15, 0.2) is 24.3 Å². The lowest BCUT2D eigenvalue weighted by Gasteiger charge is -2.26. The molecule has 0 spiro atoms. The molecule has 1 aromatic rings. The molecule has 0 aliphatic carbocycles. The summed E-state index contributed by atoms with van der Waals surface area (Å²) in [5.41, 5.74) is 7.01. The Kier molecular flexibility index (Phi) is 5.69. The average Bonchev–Trinajstić information content (AvgIpc) is 2.45. The van der Waals surface area contributed by atoms with Crippen LogP contribution in [-0.4, -0.2) is 49.4 Å². The van der Waals surface area contributed by atoms with E-state index in [2.05, 4.69) is 4.90 Å². The van der Waals surface area contributed by atoms with Gasteiger partial charge in [-0.2, -0.15) is 11.8 Å². The van der Waals surface area contributed by atoms with Crippen LogP contribution in [0.2, 0.25) is 0 Å². The number of nitrogens with two attached hydrogens (primary N) is 1. The molecule has 0 radical (unpaired) electrons. The van der Waals surface area contributed by atoms with Crippen LogP contribution in [0.1, 0.15) is 15.9 Å². The zero-order chi connectivity index (χ0) is 13.5. The van der Waals surface area contributed by atoms with E-state index in [1.807, 2.05) is 23.9 Å². The molecule has 5 heteroatoms. The van der Waals surface area contributed by atoms with E-state index in [1.165, 1.54) is 5.56 Å². The van der Waals surface area contributed by atoms with Crippen molar-refractivity contribution >= 4 is 17.7 Å². The van der Waals surface area contributed by atoms with E-state index < -0.39 is 0 Å². The van der Waals surface area contributed by atoms with Crippen molar-refractivity contribution in [3.63, 3.8) is 0 Å². The van der Waals surface area contributed by atoms with E-state index in [-0.39, 0.29) is 5.91 Å². The maximum atomic E-state index is 10.9. The first-order chi connectivity index (χ1) is 9.25. The summed E-state index contributed by atoms with van der Waals surface area (Å²) < 4.78 is 5.32. The Hall–Kier alpha value is -1.04. The maximum absolute atomic E-state index is 10.9. The maximum Gasteiger partial charge on any atom is 0.248 e. The van der Waals surface area contributed by atoms with Crippen LogP contribution in [0.5, 0.6) is 0 Å². The third-order valence-electron chi connectivity index (χ3n) is 3.16. The van der Waals surface area contributed by atoms with Crippen LogP contribution in [0.4, 0.5) is 0 Å². The molecule has 4 nitrogen and oxygen atoms in total. The van der Waals surface area contributed by atoms with E-state index in [4.69, 9.17) is 10.5 Å². The third-order valence-corrected chi connectivity index (χ3v) is 4.17. The van der Waals surface area contributed by atoms with Gasteiger partial charge in [0, 0.05) is 36.7 Å². The molecule has 2 rings (SSSR count). The number of carbonyl (C=O) groups is 1. The second-order valence-electron chi connectivity index (χ2n) is 4.57. The number of morpholine rings is 1. The summed E-state index contributed by atoms with van der Waals surface area (Å²) in [6, 6.07) is 7.53. The lowest BCUT2D eigenvalue weighted by atomic mass is 10.1. The topological polar surface area (TPSA) is 55.6 Å². The number of primary amides is 1. The molecule has 1 aromatic carbocycles. The highest BCUT2D eigenvalue weighted by Gasteiger charge is 2.09. The van der Waals surface area contributed by atoms with E-state index in [0.717, 1.165) is 44.4 Å². The van der Waals surface area contributed by atoms with E-state index in [1.54, 1.807) is 12.1 Å².